The van der Waals surface area contributed by atoms with Crippen LogP contribution in [0.15, 0.2) is 18.2 Å². The van der Waals surface area contributed by atoms with Gasteiger partial charge < -0.3 is 10.2 Å². The number of fused-ring (bicyclic) bond motifs is 1. The highest BCUT2D eigenvalue weighted by molar-refractivity contribution is 5.44. The summed E-state index contributed by atoms with van der Waals surface area (Å²) in [5, 5.41) is 7.87. The highest BCUT2D eigenvalue weighted by Crippen LogP contribution is 2.16. The maximum Gasteiger partial charge on any atom is 0.243 e. The molecule has 5 nitrogen and oxygen atoms in total. The Morgan fingerprint density at radius 3 is 3.05 bits per heavy atom. The minimum Gasteiger partial charge on any atom is -0.353 e. The summed E-state index contributed by atoms with van der Waals surface area (Å²) in [6.07, 6.45) is 1.27. The second-order valence-electron chi connectivity index (χ2n) is 5.30. The van der Waals surface area contributed by atoms with Crippen molar-refractivity contribution in [3.63, 3.8) is 0 Å². The molecule has 102 valence electrons. The number of hydrogen-bond donors (Lipinski definition) is 1. The van der Waals surface area contributed by atoms with Crippen molar-refractivity contribution in [3.8, 4) is 0 Å². The van der Waals surface area contributed by atoms with Crippen molar-refractivity contribution in [2.45, 2.75) is 20.3 Å². The van der Waals surface area contributed by atoms with Crippen molar-refractivity contribution in [1.82, 2.24) is 19.5 Å². The van der Waals surface area contributed by atoms with E-state index in [4.69, 9.17) is 0 Å². The summed E-state index contributed by atoms with van der Waals surface area (Å²) in [7, 11) is 0. The summed E-state index contributed by atoms with van der Waals surface area (Å²) in [6.45, 7) is 8.80. The van der Waals surface area contributed by atoms with Gasteiger partial charge in [-0.15, -0.1) is 5.10 Å². The Kier molecular flexibility index (Phi) is 3.38. The fourth-order valence-corrected chi connectivity index (χ4v) is 2.71. The topological polar surface area (TPSA) is 45.5 Å². The fourth-order valence-electron chi connectivity index (χ4n) is 2.71. The minimum absolute atomic E-state index is 0.715. The molecule has 2 aromatic heterocycles. The molecule has 0 bridgehead atoms. The molecule has 0 aliphatic carbocycles. The molecule has 1 aliphatic rings. The number of pyridine rings is 1. The Balaban J connectivity index is 1.64. The van der Waals surface area contributed by atoms with E-state index in [2.05, 4.69) is 27.2 Å². The Morgan fingerprint density at radius 2 is 2.32 bits per heavy atom. The van der Waals surface area contributed by atoms with Crippen LogP contribution in [0.25, 0.3) is 5.65 Å². The second kappa shape index (κ2) is 5.17. The largest absolute Gasteiger partial charge is 0.353 e. The van der Waals surface area contributed by atoms with Crippen LogP contribution in [0.1, 0.15) is 19.0 Å². The molecular formula is C14H21N5. The SMILES string of the molecule is CCN1CCC(CNc2nc3cccc(C)n3n2)C1. The van der Waals surface area contributed by atoms with E-state index in [1.54, 1.807) is 0 Å². The number of nitrogens with one attached hydrogen (secondary N) is 1. The first-order chi connectivity index (χ1) is 9.26. The van der Waals surface area contributed by atoms with Gasteiger partial charge in [-0.2, -0.15) is 4.98 Å². The van der Waals surface area contributed by atoms with Crippen LogP contribution in [0.5, 0.6) is 0 Å². The van der Waals surface area contributed by atoms with E-state index in [-0.39, 0.29) is 0 Å². The summed E-state index contributed by atoms with van der Waals surface area (Å²) in [5.74, 6) is 1.46. The molecule has 0 aromatic carbocycles. The zero-order valence-corrected chi connectivity index (χ0v) is 11.6. The Hall–Kier alpha value is -1.62. The predicted octanol–water partition coefficient (Wildman–Crippen LogP) is 1.79. The van der Waals surface area contributed by atoms with Gasteiger partial charge in [0, 0.05) is 18.8 Å². The molecule has 1 saturated heterocycles. The van der Waals surface area contributed by atoms with Crippen LogP contribution in [0.3, 0.4) is 0 Å². The highest BCUT2D eigenvalue weighted by Gasteiger charge is 2.21. The molecular weight excluding hydrogens is 238 g/mol. The van der Waals surface area contributed by atoms with E-state index < -0.39 is 0 Å². The molecule has 3 heterocycles. The lowest BCUT2D eigenvalue weighted by molar-refractivity contribution is 0.345. The average molecular weight is 259 g/mol. The van der Waals surface area contributed by atoms with Gasteiger partial charge in [0.1, 0.15) is 0 Å². The van der Waals surface area contributed by atoms with Gasteiger partial charge in [0.2, 0.25) is 5.95 Å². The molecule has 3 rings (SSSR count). The summed E-state index contributed by atoms with van der Waals surface area (Å²) >= 11 is 0. The second-order valence-corrected chi connectivity index (χ2v) is 5.30. The van der Waals surface area contributed by atoms with Crippen LogP contribution in [0, 0.1) is 12.8 Å². The van der Waals surface area contributed by atoms with E-state index in [0.717, 1.165) is 30.4 Å². The van der Waals surface area contributed by atoms with E-state index in [0.29, 0.717) is 5.92 Å². The lowest BCUT2D eigenvalue weighted by atomic mass is 10.1. The molecule has 5 heteroatoms. The van der Waals surface area contributed by atoms with Crippen LogP contribution in [0.2, 0.25) is 0 Å². The predicted molar refractivity (Wildman–Crippen MR) is 76.4 cm³/mol. The maximum absolute atomic E-state index is 4.50. The molecule has 0 radical (unpaired) electrons. The molecule has 1 fully saturated rings. The zero-order chi connectivity index (χ0) is 13.2. The summed E-state index contributed by atoms with van der Waals surface area (Å²) in [4.78, 5) is 6.99. The van der Waals surface area contributed by atoms with Gasteiger partial charge >= 0.3 is 0 Å². The molecule has 0 amide bonds. The van der Waals surface area contributed by atoms with Crippen LogP contribution in [-0.4, -0.2) is 45.7 Å². The van der Waals surface area contributed by atoms with Gasteiger partial charge in [0.25, 0.3) is 0 Å². The first-order valence-electron chi connectivity index (χ1n) is 7.05. The Morgan fingerprint density at radius 1 is 1.42 bits per heavy atom. The lowest BCUT2D eigenvalue weighted by Crippen LogP contribution is -2.22. The summed E-state index contributed by atoms with van der Waals surface area (Å²) in [5.41, 5.74) is 2.01. The van der Waals surface area contributed by atoms with Crippen molar-refractivity contribution < 1.29 is 0 Å². The molecule has 0 saturated carbocycles. The van der Waals surface area contributed by atoms with Crippen molar-refractivity contribution in [2.24, 2.45) is 5.92 Å². The summed E-state index contributed by atoms with van der Waals surface area (Å²) < 4.78 is 1.88. The van der Waals surface area contributed by atoms with Crippen LogP contribution in [0.4, 0.5) is 5.95 Å². The smallest absolute Gasteiger partial charge is 0.243 e. The number of aromatic nitrogens is 3. The third kappa shape index (κ3) is 2.56. The van der Waals surface area contributed by atoms with E-state index in [1.807, 2.05) is 29.6 Å². The molecule has 19 heavy (non-hydrogen) atoms. The standard InChI is InChI=1S/C14H21N5/c1-3-18-8-7-12(10-18)9-15-14-16-13-6-4-5-11(2)19(13)17-14/h4-6,12H,3,7-10H2,1-2H3,(H,15,17). The molecule has 1 unspecified atom stereocenters. The van der Waals surface area contributed by atoms with Gasteiger partial charge in [0.15, 0.2) is 5.65 Å². The lowest BCUT2D eigenvalue weighted by Gasteiger charge is -2.12. The van der Waals surface area contributed by atoms with E-state index in [9.17, 15) is 0 Å². The first kappa shape index (κ1) is 12.4. The van der Waals surface area contributed by atoms with Gasteiger partial charge in [-0.1, -0.05) is 13.0 Å². The molecule has 1 atom stereocenters. The van der Waals surface area contributed by atoms with Crippen LogP contribution >= 0.6 is 0 Å². The number of rotatable bonds is 4. The Bertz CT molecular complexity index is 562. The Labute approximate surface area is 113 Å². The van der Waals surface area contributed by atoms with E-state index in [1.165, 1.54) is 19.5 Å². The zero-order valence-electron chi connectivity index (χ0n) is 11.6. The monoisotopic (exact) mass is 259 g/mol. The quantitative estimate of drug-likeness (QED) is 0.909. The first-order valence-corrected chi connectivity index (χ1v) is 7.05. The average Bonchev–Trinajstić information content (AvgIpc) is 3.03. The van der Waals surface area contributed by atoms with Gasteiger partial charge in [-0.3, -0.25) is 0 Å². The highest BCUT2D eigenvalue weighted by atomic mass is 15.4. The molecule has 1 N–H and O–H groups in total. The maximum atomic E-state index is 4.50. The summed E-state index contributed by atoms with van der Waals surface area (Å²) in [6, 6.07) is 6.04. The number of aryl methyl sites for hydroxylation is 1. The number of nitrogens with zero attached hydrogens (tertiary/aromatic N) is 4. The van der Waals surface area contributed by atoms with Gasteiger partial charge in [-0.05, 0) is 44.5 Å². The third-order valence-electron chi connectivity index (χ3n) is 3.92. The number of likely N-dealkylation sites (tertiary alicyclic amines) is 1. The molecule has 1 aliphatic heterocycles. The fraction of sp³-hybridized carbons (Fsp3) is 0.571. The minimum atomic E-state index is 0.715. The van der Waals surface area contributed by atoms with Crippen molar-refractivity contribution in [2.75, 3.05) is 31.5 Å². The van der Waals surface area contributed by atoms with Crippen molar-refractivity contribution in [1.29, 1.82) is 0 Å². The van der Waals surface area contributed by atoms with Crippen molar-refractivity contribution in [3.05, 3.63) is 23.9 Å². The van der Waals surface area contributed by atoms with Crippen molar-refractivity contribution >= 4 is 11.6 Å². The van der Waals surface area contributed by atoms with Gasteiger partial charge in [-0.25, -0.2) is 4.52 Å². The molecule has 2 aromatic rings. The van der Waals surface area contributed by atoms with Crippen LogP contribution in [-0.2, 0) is 0 Å². The normalized spacial score (nSPS) is 20.2. The molecule has 0 spiro atoms. The number of anilines is 1. The van der Waals surface area contributed by atoms with Crippen LogP contribution < -0.4 is 5.32 Å². The van der Waals surface area contributed by atoms with Gasteiger partial charge in [0.05, 0.1) is 0 Å². The third-order valence-corrected chi connectivity index (χ3v) is 3.92. The number of hydrogen-bond acceptors (Lipinski definition) is 4. The van der Waals surface area contributed by atoms with E-state index >= 15 is 0 Å².